The van der Waals surface area contributed by atoms with E-state index in [4.69, 9.17) is 4.74 Å². The van der Waals surface area contributed by atoms with Gasteiger partial charge < -0.3 is 15.4 Å². The summed E-state index contributed by atoms with van der Waals surface area (Å²) in [6, 6.07) is 18.1. The standard InChI is InChI=1S/C24H21IN2O3/c1-30-22-8-7-16(23(28)15-5-3-2-4-6-15)12-20(22)24(29)27-21-13-18(25)11-17-14-26-10-9-19(17)21/h2-8,11-13,26H,9-10,14H2,1H3,(H,27,29). The van der Waals surface area contributed by atoms with Gasteiger partial charge in [-0.05, 0) is 77.0 Å². The number of fused-ring (bicyclic) bond motifs is 1. The number of carbonyl (C=O) groups is 2. The number of hydrogen-bond donors (Lipinski definition) is 2. The first-order valence-electron chi connectivity index (χ1n) is 9.68. The molecule has 5 nitrogen and oxygen atoms in total. The molecule has 30 heavy (non-hydrogen) atoms. The first-order chi connectivity index (χ1) is 14.6. The van der Waals surface area contributed by atoms with Crippen LogP contribution in [0.15, 0.2) is 60.7 Å². The van der Waals surface area contributed by atoms with Crippen LogP contribution in [0.2, 0.25) is 0 Å². The quantitative estimate of drug-likeness (QED) is 0.392. The summed E-state index contributed by atoms with van der Waals surface area (Å²) in [5.74, 6) is 0.000541. The number of hydrogen-bond acceptors (Lipinski definition) is 4. The van der Waals surface area contributed by atoms with Gasteiger partial charge in [-0.1, -0.05) is 30.3 Å². The molecule has 0 fully saturated rings. The second-order valence-corrected chi connectivity index (χ2v) is 8.33. The summed E-state index contributed by atoms with van der Waals surface area (Å²) in [5, 5.41) is 6.41. The number of nitrogens with one attached hydrogen (secondary N) is 2. The zero-order valence-corrected chi connectivity index (χ0v) is 18.7. The molecular weight excluding hydrogens is 491 g/mol. The molecule has 0 saturated carbocycles. The lowest BCUT2D eigenvalue weighted by molar-refractivity contribution is 0.102. The molecule has 152 valence electrons. The van der Waals surface area contributed by atoms with Gasteiger partial charge in [-0.25, -0.2) is 0 Å². The van der Waals surface area contributed by atoms with Crippen molar-refractivity contribution in [3.05, 3.63) is 92.1 Å². The maximum atomic E-state index is 13.2. The van der Waals surface area contributed by atoms with E-state index in [0.717, 1.165) is 34.3 Å². The number of ketones is 1. The molecule has 6 heteroatoms. The van der Waals surface area contributed by atoms with Crippen LogP contribution in [0.25, 0.3) is 0 Å². The van der Waals surface area contributed by atoms with Crippen molar-refractivity contribution in [3.63, 3.8) is 0 Å². The summed E-state index contributed by atoms with van der Waals surface area (Å²) < 4.78 is 6.46. The van der Waals surface area contributed by atoms with Crippen molar-refractivity contribution in [3.8, 4) is 5.75 Å². The lowest BCUT2D eigenvalue weighted by Crippen LogP contribution is -2.25. The number of methoxy groups -OCH3 is 1. The molecule has 0 atom stereocenters. The lowest BCUT2D eigenvalue weighted by Gasteiger charge is -2.21. The Kier molecular flexibility index (Phi) is 6.15. The molecule has 0 bridgehead atoms. The van der Waals surface area contributed by atoms with E-state index in [2.05, 4.69) is 39.3 Å². The molecule has 1 aliphatic rings. The fourth-order valence-electron chi connectivity index (χ4n) is 3.67. The summed E-state index contributed by atoms with van der Waals surface area (Å²) in [4.78, 5) is 26.0. The van der Waals surface area contributed by atoms with Crippen molar-refractivity contribution >= 4 is 40.0 Å². The molecule has 3 aromatic carbocycles. The van der Waals surface area contributed by atoms with E-state index in [0.29, 0.717) is 22.4 Å². The Morgan fingerprint density at radius 2 is 1.83 bits per heavy atom. The minimum absolute atomic E-state index is 0.134. The molecule has 1 amide bonds. The molecule has 0 aromatic heterocycles. The van der Waals surface area contributed by atoms with Crippen molar-refractivity contribution in [2.24, 2.45) is 0 Å². The molecule has 0 unspecified atom stereocenters. The lowest BCUT2D eigenvalue weighted by atomic mass is 9.98. The van der Waals surface area contributed by atoms with E-state index in [9.17, 15) is 9.59 Å². The number of rotatable bonds is 5. The van der Waals surface area contributed by atoms with Crippen LogP contribution in [0.4, 0.5) is 5.69 Å². The summed E-state index contributed by atoms with van der Waals surface area (Å²) in [5.41, 5.74) is 4.52. The second kappa shape index (κ2) is 8.97. The average Bonchev–Trinajstić information content (AvgIpc) is 2.78. The Hall–Kier alpha value is -2.71. The van der Waals surface area contributed by atoms with Gasteiger partial charge in [0.05, 0.1) is 12.7 Å². The fourth-order valence-corrected chi connectivity index (χ4v) is 4.35. The summed E-state index contributed by atoms with van der Waals surface area (Å²) in [6.07, 6.45) is 0.853. The predicted molar refractivity (Wildman–Crippen MR) is 125 cm³/mol. The first kappa shape index (κ1) is 20.6. The SMILES string of the molecule is COc1ccc(C(=O)c2ccccc2)cc1C(=O)Nc1cc(I)cc2c1CCNC2. The van der Waals surface area contributed by atoms with Crippen molar-refractivity contribution < 1.29 is 14.3 Å². The highest BCUT2D eigenvalue weighted by Gasteiger charge is 2.20. The third kappa shape index (κ3) is 4.24. The molecule has 3 aromatic rings. The van der Waals surface area contributed by atoms with Crippen LogP contribution < -0.4 is 15.4 Å². The molecule has 0 radical (unpaired) electrons. The average molecular weight is 512 g/mol. The van der Waals surface area contributed by atoms with Gasteiger partial charge in [-0.3, -0.25) is 9.59 Å². The van der Waals surface area contributed by atoms with E-state index in [1.807, 2.05) is 24.3 Å². The van der Waals surface area contributed by atoms with Gasteiger partial charge in [0.15, 0.2) is 5.78 Å². The highest BCUT2D eigenvalue weighted by molar-refractivity contribution is 14.1. The number of anilines is 1. The Balaban J connectivity index is 1.67. The highest BCUT2D eigenvalue weighted by Crippen LogP contribution is 2.28. The Morgan fingerprint density at radius 3 is 2.60 bits per heavy atom. The van der Waals surface area contributed by atoms with Crippen molar-refractivity contribution in [2.45, 2.75) is 13.0 Å². The van der Waals surface area contributed by atoms with Crippen molar-refractivity contribution in [1.29, 1.82) is 0 Å². The van der Waals surface area contributed by atoms with Gasteiger partial charge in [0.25, 0.3) is 5.91 Å². The monoisotopic (exact) mass is 512 g/mol. The predicted octanol–water partition coefficient (Wildman–Crippen LogP) is 4.43. The number of ether oxygens (including phenoxy) is 1. The Bertz CT molecular complexity index is 1110. The molecule has 0 saturated heterocycles. The van der Waals surface area contributed by atoms with Crippen LogP contribution in [0.5, 0.6) is 5.75 Å². The minimum Gasteiger partial charge on any atom is -0.496 e. The van der Waals surface area contributed by atoms with E-state index >= 15 is 0 Å². The molecular formula is C24H21IN2O3. The van der Waals surface area contributed by atoms with E-state index < -0.39 is 0 Å². The maximum Gasteiger partial charge on any atom is 0.259 e. The normalized spacial score (nSPS) is 12.7. The number of benzene rings is 3. The first-order valence-corrected chi connectivity index (χ1v) is 10.8. The van der Waals surface area contributed by atoms with Crippen molar-refractivity contribution in [2.75, 3.05) is 19.0 Å². The van der Waals surface area contributed by atoms with Crippen LogP contribution in [-0.4, -0.2) is 25.3 Å². The van der Waals surface area contributed by atoms with Crippen LogP contribution >= 0.6 is 22.6 Å². The molecule has 2 N–H and O–H groups in total. The maximum absolute atomic E-state index is 13.2. The van der Waals surface area contributed by atoms with Crippen LogP contribution in [-0.2, 0) is 13.0 Å². The third-order valence-corrected chi connectivity index (χ3v) is 5.79. The fraction of sp³-hybridized carbons (Fsp3) is 0.167. The third-order valence-electron chi connectivity index (χ3n) is 5.16. The van der Waals surface area contributed by atoms with Gasteiger partial charge in [0, 0.05) is 26.9 Å². The van der Waals surface area contributed by atoms with Gasteiger partial charge >= 0.3 is 0 Å². The second-order valence-electron chi connectivity index (χ2n) is 7.08. The Labute approximate surface area is 189 Å². The van der Waals surface area contributed by atoms with Crippen molar-refractivity contribution in [1.82, 2.24) is 5.32 Å². The van der Waals surface area contributed by atoms with E-state index in [1.54, 1.807) is 30.3 Å². The van der Waals surface area contributed by atoms with E-state index in [-0.39, 0.29) is 11.7 Å². The topological polar surface area (TPSA) is 67.4 Å². The van der Waals surface area contributed by atoms with Crippen LogP contribution in [0, 0.1) is 3.57 Å². The summed E-state index contributed by atoms with van der Waals surface area (Å²) in [7, 11) is 1.52. The number of halogens is 1. The highest BCUT2D eigenvalue weighted by atomic mass is 127. The van der Waals surface area contributed by atoms with Gasteiger partial charge in [0.1, 0.15) is 5.75 Å². The smallest absolute Gasteiger partial charge is 0.259 e. The van der Waals surface area contributed by atoms with Crippen LogP contribution in [0.1, 0.15) is 37.4 Å². The zero-order valence-electron chi connectivity index (χ0n) is 16.5. The van der Waals surface area contributed by atoms with Gasteiger partial charge in [0.2, 0.25) is 0 Å². The minimum atomic E-state index is -0.294. The van der Waals surface area contributed by atoms with E-state index in [1.165, 1.54) is 12.7 Å². The molecule has 1 aliphatic heterocycles. The zero-order chi connectivity index (χ0) is 21.1. The molecule has 0 aliphatic carbocycles. The Morgan fingerprint density at radius 1 is 1.03 bits per heavy atom. The largest absolute Gasteiger partial charge is 0.496 e. The van der Waals surface area contributed by atoms with Gasteiger partial charge in [-0.2, -0.15) is 0 Å². The summed E-state index contributed by atoms with van der Waals surface area (Å²) in [6.45, 7) is 1.67. The van der Waals surface area contributed by atoms with Gasteiger partial charge in [-0.15, -0.1) is 0 Å². The summed E-state index contributed by atoms with van der Waals surface area (Å²) >= 11 is 2.26. The molecule has 4 rings (SSSR count). The number of amides is 1. The van der Waals surface area contributed by atoms with Crippen LogP contribution in [0.3, 0.4) is 0 Å². The molecule has 0 spiro atoms. The molecule has 1 heterocycles. The number of carbonyl (C=O) groups excluding carboxylic acids is 2.